The number of nitrogens with one attached hydrogen (secondary N) is 2. The number of nitrogens with zero attached hydrogens (tertiary/aromatic N) is 1. The molecule has 0 aliphatic heterocycles. The van der Waals surface area contributed by atoms with E-state index in [2.05, 4.69) is 79.9 Å². The van der Waals surface area contributed by atoms with Crippen LogP contribution >= 0.6 is 33.9 Å². The first-order valence-corrected chi connectivity index (χ1v) is 7.84. The SMILES string of the molecule is Ic1cccc(NCc2cn[nH]c2-c2cccs2)c1. The zero-order valence-corrected chi connectivity index (χ0v) is 13.0. The highest BCUT2D eigenvalue weighted by atomic mass is 127. The second-order valence-electron chi connectivity index (χ2n) is 4.11. The number of aromatic amines is 1. The van der Waals surface area contributed by atoms with Crippen molar-refractivity contribution >= 4 is 39.6 Å². The second kappa shape index (κ2) is 5.75. The van der Waals surface area contributed by atoms with Crippen molar-refractivity contribution in [1.82, 2.24) is 10.2 Å². The van der Waals surface area contributed by atoms with E-state index in [1.54, 1.807) is 11.3 Å². The van der Waals surface area contributed by atoms with E-state index < -0.39 is 0 Å². The molecular formula is C14H12IN3S. The molecule has 2 heterocycles. The Kier molecular flexibility index (Phi) is 3.84. The molecule has 0 atom stereocenters. The van der Waals surface area contributed by atoms with Gasteiger partial charge in [0.05, 0.1) is 16.8 Å². The van der Waals surface area contributed by atoms with E-state index in [4.69, 9.17) is 0 Å². The van der Waals surface area contributed by atoms with E-state index in [1.165, 1.54) is 14.0 Å². The molecule has 0 saturated heterocycles. The Hall–Kier alpha value is -1.34. The zero-order valence-electron chi connectivity index (χ0n) is 10.1. The molecule has 0 amide bonds. The molecular weight excluding hydrogens is 369 g/mol. The van der Waals surface area contributed by atoms with E-state index >= 15 is 0 Å². The molecule has 0 saturated carbocycles. The molecule has 19 heavy (non-hydrogen) atoms. The molecule has 2 N–H and O–H groups in total. The van der Waals surface area contributed by atoms with Crippen LogP contribution in [0.5, 0.6) is 0 Å². The average Bonchev–Trinajstić information content (AvgIpc) is 3.07. The third-order valence-electron chi connectivity index (χ3n) is 2.79. The maximum absolute atomic E-state index is 4.15. The number of benzene rings is 1. The summed E-state index contributed by atoms with van der Waals surface area (Å²) in [6, 6.07) is 12.5. The van der Waals surface area contributed by atoms with Gasteiger partial charge in [0.1, 0.15) is 0 Å². The molecule has 5 heteroatoms. The molecule has 0 bridgehead atoms. The standard InChI is InChI=1S/C14H12IN3S/c15-11-3-1-4-12(7-11)16-8-10-9-17-18-14(10)13-5-2-6-19-13/h1-7,9,16H,8H2,(H,17,18). The molecule has 0 unspecified atom stereocenters. The van der Waals surface area contributed by atoms with Gasteiger partial charge in [-0.05, 0) is 52.2 Å². The molecule has 0 spiro atoms. The summed E-state index contributed by atoms with van der Waals surface area (Å²) in [5, 5.41) is 12.7. The van der Waals surface area contributed by atoms with Crippen molar-refractivity contribution in [3.05, 3.63) is 57.1 Å². The first-order chi connectivity index (χ1) is 9.33. The first kappa shape index (κ1) is 12.7. The fourth-order valence-corrected chi connectivity index (χ4v) is 3.17. The van der Waals surface area contributed by atoms with Crippen LogP contribution in [0.3, 0.4) is 0 Å². The minimum atomic E-state index is 0.768. The molecule has 0 fully saturated rings. The van der Waals surface area contributed by atoms with Gasteiger partial charge in [0.25, 0.3) is 0 Å². The van der Waals surface area contributed by atoms with Crippen molar-refractivity contribution in [3.63, 3.8) is 0 Å². The summed E-state index contributed by atoms with van der Waals surface area (Å²) in [6.07, 6.45) is 1.88. The Morgan fingerprint density at radius 2 is 2.21 bits per heavy atom. The Bertz CT molecular complexity index is 661. The maximum atomic E-state index is 4.15. The van der Waals surface area contributed by atoms with Crippen LogP contribution in [-0.2, 0) is 6.54 Å². The number of anilines is 1. The lowest BCUT2D eigenvalue weighted by molar-refractivity contribution is 1.10. The summed E-state index contributed by atoms with van der Waals surface area (Å²) < 4.78 is 1.23. The normalized spacial score (nSPS) is 10.6. The Labute approximate surface area is 129 Å². The van der Waals surface area contributed by atoms with Crippen molar-refractivity contribution in [2.75, 3.05) is 5.32 Å². The summed E-state index contributed by atoms with van der Waals surface area (Å²) in [7, 11) is 0. The van der Waals surface area contributed by atoms with Gasteiger partial charge in [-0.2, -0.15) is 5.10 Å². The summed E-state index contributed by atoms with van der Waals surface area (Å²) in [5.41, 5.74) is 3.42. The van der Waals surface area contributed by atoms with Crippen LogP contribution in [0.15, 0.2) is 48.0 Å². The highest BCUT2D eigenvalue weighted by Gasteiger charge is 2.08. The summed E-state index contributed by atoms with van der Waals surface area (Å²) in [4.78, 5) is 1.22. The third kappa shape index (κ3) is 2.98. The molecule has 3 nitrogen and oxygen atoms in total. The fraction of sp³-hybridized carbons (Fsp3) is 0.0714. The van der Waals surface area contributed by atoms with Gasteiger partial charge in [0.15, 0.2) is 0 Å². The number of H-pyrrole nitrogens is 1. The summed E-state index contributed by atoms with van der Waals surface area (Å²) >= 11 is 4.04. The van der Waals surface area contributed by atoms with Crippen LogP contribution in [-0.4, -0.2) is 10.2 Å². The van der Waals surface area contributed by atoms with Crippen molar-refractivity contribution in [1.29, 1.82) is 0 Å². The number of halogens is 1. The van der Waals surface area contributed by atoms with E-state index in [9.17, 15) is 0 Å². The van der Waals surface area contributed by atoms with Crippen LogP contribution in [0.1, 0.15) is 5.56 Å². The van der Waals surface area contributed by atoms with Gasteiger partial charge < -0.3 is 5.32 Å². The quantitative estimate of drug-likeness (QED) is 0.660. The van der Waals surface area contributed by atoms with E-state index in [0.29, 0.717) is 0 Å². The molecule has 0 aliphatic carbocycles. The highest BCUT2D eigenvalue weighted by molar-refractivity contribution is 14.1. The van der Waals surface area contributed by atoms with Crippen LogP contribution in [0.2, 0.25) is 0 Å². The lowest BCUT2D eigenvalue weighted by Gasteiger charge is -2.06. The van der Waals surface area contributed by atoms with Gasteiger partial charge in [-0.1, -0.05) is 12.1 Å². The number of rotatable bonds is 4. The van der Waals surface area contributed by atoms with Gasteiger partial charge in [0.2, 0.25) is 0 Å². The number of hydrogen-bond donors (Lipinski definition) is 2. The van der Waals surface area contributed by atoms with Gasteiger partial charge in [0, 0.05) is 21.4 Å². The van der Waals surface area contributed by atoms with Crippen molar-refractivity contribution in [3.8, 4) is 10.6 Å². The minimum Gasteiger partial charge on any atom is -0.381 e. The smallest absolute Gasteiger partial charge is 0.0799 e. The van der Waals surface area contributed by atoms with Crippen LogP contribution in [0.25, 0.3) is 10.6 Å². The van der Waals surface area contributed by atoms with Crippen molar-refractivity contribution in [2.24, 2.45) is 0 Å². The second-order valence-corrected chi connectivity index (χ2v) is 6.30. The molecule has 0 aliphatic rings. The average molecular weight is 381 g/mol. The highest BCUT2D eigenvalue weighted by Crippen LogP contribution is 2.26. The first-order valence-electron chi connectivity index (χ1n) is 5.88. The maximum Gasteiger partial charge on any atom is 0.0799 e. The van der Waals surface area contributed by atoms with Crippen LogP contribution in [0, 0.1) is 3.57 Å². The predicted molar refractivity (Wildman–Crippen MR) is 88.4 cm³/mol. The van der Waals surface area contributed by atoms with E-state index in [-0.39, 0.29) is 0 Å². The van der Waals surface area contributed by atoms with Crippen molar-refractivity contribution < 1.29 is 0 Å². The monoisotopic (exact) mass is 381 g/mol. The Morgan fingerprint density at radius 3 is 3.00 bits per heavy atom. The lowest BCUT2D eigenvalue weighted by atomic mass is 10.2. The molecule has 0 radical (unpaired) electrons. The number of hydrogen-bond acceptors (Lipinski definition) is 3. The molecule has 1 aromatic carbocycles. The fourth-order valence-electron chi connectivity index (χ4n) is 1.88. The Morgan fingerprint density at radius 1 is 1.26 bits per heavy atom. The predicted octanol–water partition coefficient (Wildman–Crippen LogP) is 4.35. The topological polar surface area (TPSA) is 40.7 Å². The molecule has 3 rings (SSSR count). The van der Waals surface area contributed by atoms with Gasteiger partial charge in [-0.25, -0.2) is 0 Å². The molecule has 2 aromatic heterocycles. The summed E-state index contributed by atoms with van der Waals surface area (Å²) in [5.74, 6) is 0. The lowest BCUT2D eigenvalue weighted by Crippen LogP contribution is -1.99. The van der Waals surface area contributed by atoms with Gasteiger partial charge in [-0.15, -0.1) is 11.3 Å². The summed E-state index contributed by atoms with van der Waals surface area (Å²) in [6.45, 7) is 0.768. The van der Waals surface area contributed by atoms with Crippen molar-refractivity contribution in [2.45, 2.75) is 6.54 Å². The van der Waals surface area contributed by atoms with Gasteiger partial charge >= 0.3 is 0 Å². The van der Waals surface area contributed by atoms with Gasteiger partial charge in [-0.3, -0.25) is 5.10 Å². The molecule has 96 valence electrons. The third-order valence-corrected chi connectivity index (χ3v) is 4.35. The minimum absolute atomic E-state index is 0.768. The van der Waals surface area contributed by atoms with E-state index in [0.717, 1.165) is 17.9 Å². The van der Waals surface area contributed by atoms with E-state index in [1.807, 2.05) is 6.20 Å². The number of thiophene rings is 1. The Balaban J connectivity index is 1.76. The molecule has 3 aromatic rings. The largest absolute Gasteiger partial charge is 0.381 e. The zero-order chi connectivity index (χ0) is 13.1. The number of aromatic nitrogens is 2. The van der Waals surface area contributed by atoms with Crippen LogP contribution < -0.4 is 5.32 Å². The van der Waals surface area contributed by atoms with Crippen LogP contribution in [0.4, 0.5) is 5.69 Å².